The molecule has 1 saturated carbocycles. The van der Waals surface area contributed by atoms with E-state index in [9.17, 15) is 0 Å². The van der Waals surface area contributed by atoms with Crippen molar-refractivity contribution in [3.63, 3.8) is 0 Å². The molecule has 1 radical (unpaired) electrons. The van der Waals surface area contributed by atoms with E-state index >= 15 is 0 Å². The minimum Gasteiger partial charge on any atom is -0.0801 e. The van der Waals surface area contributed by atoms with Gasteiger partial charge in [-0.05, 0) is 59.6 Å². The Hall–Kier alpha value is -1.34. The van der Waals surface area contributed by atoms with Crippen molar-refractivity contribution in [2.24, 2.45) is 0 Å². The Labute approximate surface area is 140 Å². The van der Waals surface area contributed by atoms with Crippen molar-refractivity contribution < 1.29 is 0 Å². The van der Waals surface area contributed by atoms with E-state index in [0.29, 0.717) is 0 Å². The lowest BCUT2D eigenvalue weighted by atomic mass is 9.80. The second kappa shape index (κ2) is 7.28. The maximum absolute atomic E-state index is 5.23. The highest BCUT2D eigenvalue weighted by Gasteiger charge is 2.19. The molecule has 1 heteroatoms. The highest BCUT2D eigenvalue weighted by molar-refractivity contribution is 7.80. The Balaban J connectivity index is 2.01. The van der Waals surface area contributed by atoms with Crippen LogP contribution in [0.4, 0.5) is 0 Å². The van der Waals surface area contributed by atoms with Crippen LogP contribution < -0.4 is 0 Å². The number of benzene rings is 2. The van der Waals surface area contributed by atoms with Crippen LogP contribution >= 0.6 is 12.6 Å². The smallest absolute Gasteiger partial charge is 0.0377 e. The Kier molecular flexibility index (Phi) is 5.15. The fourth-order valence-electron chi connectivity index (χ4n) is 3.71. The van der Waals surface area contributed by atoms with Crippen molar-refractivity contribution in [3.8, 4) is 11.1 Å². The second-order valence-electron chi connectivity index (χ2n) is 6.53. The van der Waals surface area contributed by atoms with Crippen molar-refractivity contribution in [1.82, 2.24) is 0 Å². The van der Waals surface area contributed by atoms with E-state index in [-0.39, 0.29) is 0 Å². The highest BCUT2D eigenvalue weighted by atomic mass is 32.1. The Morgan fingerprint density at radius 3 is 2.36 bits per heavy atom. The molecule has 0 N–H and O–H groups in total. The topological polar surface area (TPSA) is 0 Å². The first kappa shape index (κ1) is 15.6. The maximum Gasteiger partial charge on any atom is 0.0377 e. The van der Waals surface area contributed by atoms with Crippen molar-refractivity contribution in [2.75, 3.05) is 0 Å². The first-order valence-electron chi connectivity index (χ1n) is 8.68. The van der Waals surface area contributed by atoms with Gasteiger partial charge >= 0.3 is 0 Å². The summed E-state index contributed by atoms with van der Waals surface area (Å²) in [4.78, 5) is 0.922. The van der Waals surface area contributed by atoms with E-state index in [0.717, 1.165) is 10.8 Å². The fourth-order valence-corrected chi connectivity index (χ4v) is 3.84. The van der Waals surface area contributed by atoms with Gasteiger partial charge in [0.15, 0.2) is 0 Å². The molecule has 1 aliphatic rings. The van der Waals surface area contributed by atoms with Gasteiger partial charge in [0.2, 0.25) is 0 Å². The maximum atomic E-state index is 5.23. The second-order valence-corrected chi connectivity index (χ2v) is 7.00. The molecule has 0 nitrogen and oxygen atoms in total. The van der Waals surface area contributed by atoms with Crippen LogP contribution in [0.1, 0.15) is 62.5 Å². The van der Waals surface area contributed by atoms with Crippen LogP contribution in [-0.2, 0) is 6.42 Å². The number of hydrogen-bond donors (Lipinski definition) is 0. The van der Waals surface area contributed by atoms with Gasteiger partial charge in [0.25, 0.3) is 0 Å². The first-order chi connectivity index (χ1) is 10.8. The quantitative estimate of drug-likeness (QED) is 0.575. The van der Waals surface area contributed by atoms with Gasteiger partial charge < -0.3 is 0 Å². The lowest BCUT2D eigenvalue weighted by Crippen LogP contribution is -2.07. The molecule has 0 amide bonds. The minimum absolute atomic E-state index is 0.740. The summed E-state index contributed by atoms with van der Waals surface area (Å²) < 4.78 is 0. The Morgan fingerprint density at radius 2 is 1.68 bits per heavy atom. The summed E-state index contributed by atoms with van der Waals surface area (Å²) >= 11 is 5.23. The van der Waals surface area contributed by atoms with Gasteiger partial charge in [0, 0.05) is 4.90 Å². The van der Waals surface area contributed by atoms with Gasteiger partial charge in [-0.25, -0.2) is 0 Å². The summed E-state index contributed by atoms with van der Waals surface area (Å²) in [5.74, 6) is 0.740. The molecule has 0 aromatic heterocycles. The van der Waals surface area contributed by atoms with Crippen molar-refractivity contribution >= 4 is 12.6 Å². The van der Waals surface area contributed by atoms with E-state index < -0.39 is 0 Å². The number of hydrogen-bond acceptors (Lipinski definition) is 0. The molecule has 2 aromatic carbocycles. The van der Waals surface area contributed by atoms with Crippen molar-refractivity contribution in [2.45, 2.75) is 62.7 Å². The lowest BCUT2D eigenvalue weighted by Gasteiger charge is -2.25. The van der Waals surface area contributed by atoms with Gasteiger partial charge in [-0.2, -0.15) is 0 Å². The third-order valence-electron chi connectivity index (χ3n) is 4.86. The average Bonchev–Trinajstić information content (AvgIpc) is 2.57. The molecule has 0 unspecified atom stereocenters. The van der Waals surface area contributed by atoms with Crippen LogP contribution in [0.5, 0.6) is 0 Å². The molecule has 0 heterocycles. The molecule has 0 atom stereocenters. The number of rotatable bonds is 4. The van der Waals surface area contributed by atoms with Crippen LogP contribution in [0.15, 0.2) is 47.4 Å². The van der Waals surface area contributed by atoms with Gasteiger partial charge in [0.1, 0.15) is 0 Å². The van der Waals surface area contributed by atoms with Crippen LogP contribution in [0.25, 0.3) is 11.1 Å². The van der Waals surface area contributed by atoms with Gasteiger partial charge in [-0.1, -0.05) is 75.6 Å². The molecule has 0 spiro atoms. The first-order valence-corrected chi connectivity index (χ1v) is 9.09. The third-order valence-corrected chi connectivity index (χ3v) is 5.14. The minimum atomic E-state index is 0.740. The molecular formula is C21H25S. The normalized spacial score (nSPS) is 15.9. The molecule has 0 aliphatic heterocycles. The third kappa shape index (κ3) is 3.52. The highest BCUT2D eigenvalue weighted by Crippen LogP contribution is 2.39. The fraction of sp³-hybridized carbons (Fsp3) is 0.429. The Bertz CT molecular complexity index is 606. The zero-order valence-electron chi connectivity index (χ0n) is 13.5. The summed E-state index contributed by atoms with van der Waals surface area (Å²) in [6, 6.07) is 15.6. The van der Waals surface area contributed by atoms with E-state index in [1.54, 1.807) is 5.56 Å². The van der Waals surface area contributed by atoms with Crippen LogP contribution in [-0.4, -0.2) is 0 Å². The van der Waals surface area contributed by atoms with Crippen molar-refractivity contribution in [3.05, 3.63) is 53.6 Å². The van der Waals surface area contributed by atoms with Crippen LogP contribution in [0.2, 0.25) is 0 Å². The average molecular weight is 309 g/mol. The van der Waals surface area contributed by atoms with Crippen molar-refractivity contribution in [1.29, 1.82) is 0 Å². The van der Waals surface area contributed by atoms with Crippen LogP contribution in [0.3, 0.4) is 0 Å². The predicted octanol–water partition coefficient (Wildman–Crippen LogP) is 6.91. The van der Waals surface area contributed by atoms with Gasteiger partial charge in [-0.3, -0.25) is 0 Å². The summed E-state index contributed by atoms with van der Waals surface area (Å²) in [6.45, 7) is 2.26. The SMILES string of the molecule is CCCc1ccc(-c2ccc([S])cc2)c(C2CCCCC2)c1. The van der Waals surface area contributed by atoms with Gasteiger partial charge in [-0.15, -0.1) is 0 Å². The largest absolute Gasteiger partial charge is 0.0801 e. The Morgan fingerprint density at radius 1 is 0.955 bits per heavy atom. The summed E-state index contributed by atoms with van der Waals surface area (Å²) in [5, 5.41) is 0. The zero-order chi connectivity index (χ0) is 15.4. The molecule has 1 fully saturated rings. The summed E-state index contributed by atoms with van der Waals surface area (Å²) in [7, 11) is 0. The predicted molar refractivity (Wildman–Crippen MR) is 97.6 cm³/mol. The molecule has 0 bridgehead atoms. The molecule has 115 valence electrons. The van der Waals surface area contributed by atoms with Gasteiger partial charge in [0.05, 0.1) is 0 Å². The van der Waals surface area contributed by atoms with E-state index in [2.05, 4.69) is 49.4 Å². The molecule has 0 saturated heterocycles. The zero-order valence-corrected chi connectivity index (χ0v) is 14.3. The standard InChI is InChI=1S/C21H25S/c1-2-6-16-9-14-20(18-10-12-19(22)13-11-18)21(15-16)17-7-4-3-5-8-17/h9-15,17H,2-8H2,1H3. The van der Waals surface area contributed by atoms with E-state index in [4.69, 9.17) is 12.6 Å². The summed E-state index contributed by atoms with van der Waals surface area (Å²) in [6.07, 6.45) is 9.27. The lowest BCUT2D eigenvalue weighted by molar-refractivity contribution is 0.444. The summed E-state index contributed by atoms with van der Waals surface area (Å²) in [5.41, 5.74) is 5.80. The van der Waals surface area contributed by atoms with Crippen LogP contribution in [0, 0.1) is 0 Å². The van der Waals surface area contributed by atoms with E-state index in [1.165, 1.54) is 61.6 Å². The molecule has 1 aliphatic carbocycles. The molecule has 22 heavy (non-hydrogen) atoms. The van der Waals surface area contributed by atoms with E-state index in [1.807, 2.05) is 0 Å². The monoisotopic (exact) mass is 309 g/mol. The molecular weight excluding hydrogens is 284 g/mol. The molecule has 2 aromatic rings. The number of aryl methyl sites for hydroxylation is 1. The molecule has 3 rings (SSSR count).